The zero-order valence-electron chi connectivity index (χ0n) is 11.7. The average Bonchev–Trinajstić information content (AvgIpc) is 2.50. The Morgan fingerprint density at radius 2 is 2.11 bits per heavy atom. The Bertz CT molecular complexity index is 405. The number of ether oxygens (including phenoxy) is 2. The molecule has 0 spiro atoms. The van der Waals surface area contributed by atoms with Gasteiger partial charge in [-0.05, 0) is 39.3 Å². The fraction of sp³-hybridized carbons (Fsp3) is 0.600. The Kier molecular flexibility index (Phi) is 4.25. The van der Waals surface area contributed by atoms with Crippen LogP contribution in [0.1, 0.15) is 37.5 Å². The van der Waals surface area contributed by atoms with E-state index in [1.807, 2.05) is 6.07 Å². The summed E-state index contributed by atoms with van der Waals surface area (Å²) in [6, 6.07) is 6.75. The van der Waals surface area contributed by atoms with Gasteiger partial charge in [0.2, 0.25) is 0 Å². The molecule has 1 aliphatic rings. The van der Waals surface area contributed by atoms with Crippen molar-refractivity contribution in [1.82, 2.24) is 5.32 Å². The van der Waals surface area contributed by atoms with Crippen molar-refractivity contribution >= 4 is 0 Å². The molecule has 0 bridgehead atoms. The minimum absolute atomic E-state index is 0.0693. The topological polar surface area (TPSA) is 30.5 Å². The molecule has 3 heteroatoms. The molecule has 3 unspecified atom stereocenters. The maximum atomic E-state index is 6.12. The van der Waals surface area contributed by atoms with Crippen LogP contribution in [0.2, 0.25) is 0 Å². The number of rotatable bonds is 2. The minimum Gasteiger partial charge on any atom is -0.496 e. The molecule has 1 heterocycles. The summed E-state index contributed by atoms with van der Waals surface area (Å²) >= 11 is 0. The standard InChI is InChI=1S/C15H23NO2/c1-10-5-6-14(17-4)13(7-10)15-9-16-11(2)8-12(3)18-15/h5-7,11-12,15-16H,8-9H2,1-4H3. The highest BCUT2D eigenvalue weighted by molar-refractivity contribution is 5.38. The van der Waals surface area contributed by atoms with E-state index >= 15 is 0 Å². The average molecular weight is 249 g/mol. The van der Waals surface area contributed by atoms with Gasteiger partial charge in [0.1, 0.15) is 5.75 Å². The second-order valence-electron chi connectivity index (χ2n) is 5.23. The molecule has 3 atom stereocenters. The van der Waals surface area contributed by atoms with Crippen LogP contribution in [0, 0.1) is 6.92 Å². The first kappa shape index (κ1) is 13.4. The monoisotopic (exact) mass is 249 g/mol. The molecule has 1 fully saturated rings. The first-order valence-corrected chi connectivity index (χ1v) is 6.63. The number of hydrogen-bond donors (Lipinski definition) is 1. The minimum atomic E-state index is 0.0693. The first-order valence-electron chi connectivity index (χ1n) is 6.63. The summed E-state index contributed by atoms with van der Waals surface area (Å²) in [5.41, 5.74) is 2.38. The lowest BCUT2D eigenvalue weighted by molar-refractivity contribution is 0.00602. The summed E-state index contributed by atoms with van der Waals surface area (Å²) in [7, 11) is 1.71. The molecule has 18 heavy (non-hydrogen) atoms. The first-order chi connectivity index (χ1) is 8.60. The van der Waals surface area contributed by atoms with Crippen LogP contribution >= 0.6 is 0 Å². The van der Waals surface area contributed by atoms with E-state index in [1.54, 1.807) is 7.11 Å². The van der Waals surface area contributed by atoms with Gasteiger partial charge in [0.25, 0.3) is 0 Å². The van der Waals surface area contributed by atoms with Crippen LogP contribution in [-0.4, -0.2) is 25.8 Å². The quantitative estimate of drug-likeness (QED) is 0.874. The van der Waals surface area contributed by atoms with Gasteiger partial charge in [-0.15, -0.1) is 0 Å². The lowest BCUT2D eigenvalue weighted by Crippen LogP contribution is -2.28. The van der Waals surface area contributed by atoms with Crippen molar-refractivity contribution in [1.29, 1.82) is 0 Å². The van der Waals surface area contributed by atoms with Crippen molar-refractivity contribution in [2.45, 2.75) is 45.4 Å². The maximum absolute atomic E-state index is 6.12. The number of hydrogen-bond acceptors (Lipinski definition) is 3. The number of methoxy groups -OCH3 is 1. The summed E-state index contributed by atoms with van der Waals surface area (Å²) in [6.45, 7) is 7.28. The second-order valence-corrected chi connectivity index (χ2v) is 5.23. The zero-order chi connectivity index (χ0) is 13.1. The third kappa shape index (κ3) is 3.03. The molecule has 1 aliphatic heterocycles. The molecule has 2 rings (SSSR count). The smallest absolute Gasteiger partial charge is 0.124 e. The van der Waals surface area contributed by atoms with Crippen molar-refractivity contribution in [3.63, 3.8) is 0 Å². The SMILES string of the molecule is COc1ccc(C)cc1C1CNC(C)CC(C)O1. The van der Waals surface area contributed by atoms with E-state index in [0.29, 0.717) is 6.04 Å². The van der Waals surface area contributed by atoms with Crippen LogP contribution in [0.5, 0.6) is 5.75 Å². The molecule has 0 amide bonds. The second kappa shape index (κ2) is 5.72. The Labute approximate surface area is 109 Å². The van der Waals surface area contributed by atoms with Gasteiger partial charge >= 0.3 is 0 Å². The molecule has 0 aliphatic carbocycles. The maximum Gasteiger partial charge on any atom is 0.124 e. The van der Waals surface area contributed by atoms with E-state index < -0.39 is 0 Å². The van der Waals surface area contributed by atoms with Crippen LogP contribution < -0.4 is 10.1 Å². The Balaban J connectivity index is 2.26. The van der Waals surface area contributed by atoms with Crippen LogP contribution in [0.25, 0.3) is 0 Å². The number of aryl methyl sites for hydroxylation is 1. The molecular weight excluding hydrogens is 226 g/mol. The highest BCUT2D eigenvalue weighted by atomic mass is 16.5. The lowest BCUT2D eigenvalue weighted by atomic mass is 10.0. The van der Waals surface area contributed by atoms with E-state index in [2.05, 4.69) is 38.2 Å². The molecule has 1 saturated heterocycles. The Morgan fingerprint density at radius 3 is 2.83 bits per heavy atom. The molecule has 100 valence electrons. The molecule has 1 N–H and O–H groups in total. The Morgan fingerprint density at radius 1 is 1.33 bits per heavy atom. The molecule has 0 radical (unpaired) electrons. The zero-order valence-corrected chi connectivity index (χ0v) is 11.7. The van der Waals surface area contributed by atoms with E-state index in [0.717, 1.165) is 24.3 Å². The van der Waals surface area contributed by atoms with Crippen molar-refractivity contribution in [3.05, 3.63) is 29.3 Å². The molecular formula is C15H23NO2. The summed E-state index contributed by atoms with van der Waals surface area (Å²) in [4.78, 5) is 0. The predicted molar refractivity (Wildman–Crippen MR) is 73.1 cm³/mol. The van der Waals surface area contributed by atoms with E-state index in [9.17, 15) is 0 Å². The summed E-state index contributed by atoms with van der Waals surface area (Å²) < 4.78 is 11.6. The van der Waals surface area contributed by atoms with E-state index in [-0.39, 0.29) is 12.2 Å². The third-order valence-corrected chi connectivity index (χ3v) is 3.47. The van der Waals surface area contributed by atoms with Gasteiger partial charge in [-0.2, -0.15) is 0 Å². The molecule has 1 aromatic rings. The van der Waals surface area contributed by atoms with Gasteiger partial charge in [0.05, 0.1) is 19.3 Å². The molecule has 0 saturated carbocycles. The third-order valence-electron chi connectivity index (χ3n) is 3.47. The predicted octanol–water partition coefficient (Wildman–Crippen LogP) is 2.83. The molecule has 1 aromatic carbocycles. The molecule has 3 nitrogen and oxygen atoms in total. The lowest BCUT2D eigenvalue weighted by Gasteiger charge is -2.21. The summed E-state index contributed by atoms with van der Waals surface area (Å²) in [5, 5.41) is 3.51. The molecule has 0 aromatic heterocycles. The van der Waals surface area contributed by atoms with Gasteiger partial charge in [0.15, 0.2) is 0 Å². The van der Waals surface area contributed by atoms with Crippen molar-refractivity contribution < 1.29 is 9.47 Å². The highest BCUT2D eigenvalue weighted by Crippen LogP contribution is 2.31. The van der Waals surface area contributed by atoms with Crippen LogP contribution in [-0.2, 0) is 4.74 Å². The highest BCUT2D eigenvalue weighted by Gasteiger charge is 2.24. The van der Waals surface area contributed by atoms with Crippen LogP contribution in [0.4, 0.5) is 0 Å². The van der Waals surface area contributed by atoms with Gasteiger partial charge < -0.3 is 14.8 Å². The summed E-state index contributed by atoms with van der Waals surface area (Å²) in [5.74, 6) is 0.911. The van der Waals surface area contributed by atoms with Gasteiger partial charge in [-0.3, -0.25) is 0 Å². The van der Waals surface area contributed by atoms with Crippen molar-refractivity contribution in [2.24, 2.45) is 0 Å². The van der Waals surface area contributed by atoms with E-state index in [4.69, 9.17) is 9.47 Å². The van der Waals surface area contributed by atoms with Gasteiger partial charge in [0, 0.05) is 18.2 Å². The largest absolute Gasteiger partial charge is 0.496 e. The number of nitrogens with one attached hydrogen (secondary N) is 1. The number of benzene rings is 1. The fourth-order valence-corrected chi connectivity index (χ4v) is 2.56. The van der Waals surface area contributed by atoms with Gasteiger partial charge in [-0.25, -0.2) is 0 Å². The normalized spacial score (nSPS) is 28.8. The fourth-order valence-electron chi connectivity index (χ4n) is 2.56. The van der Waals surface area contributed by atoms with Crippen LogP contribution in [0.3, 0.4) is 0 Å². The van der Waals surface area contributed by atoms with Gasteiger partial charge in [-0.1, -0.05) is 11.6 Å². The van der Waals surface area contributed by atoms with Crippen molar-refractivity contribution in [2.75, 3.05) is 13.7 Å². The Hall–Kier alpha value is -1.06. The van der Waals surface area contributed by atoms with Crippen molar-refractivity contribution in [3.8, 4) is 5.75 Å². The van der Waals surface area contributed by atoms with Crippen LogP contribution in [0.15, 0.2) is 18.2 Å². The summed E-state index contributed by atoms with van der Waals surface area (Å²) in [6.07, 6.45) is 1.38. The van der Waals surface area contributed by atoms with E-state index in [1.165, 1.54) is 5.56 Å².